The molecule has 0 saturated heterocycles. The van der Waals surface area contributed by atoms with E-state index in [0.29, 0.717) is 0 Å². The van der Waals surface area contributed by atoms with Crippen molar-refractivity contribution in [3.05, 3.63) is 148 Å². The molecule has 2 atom stereocenters. The van der Waals surface area contributed by atoms with Gasteiger partial charge in [0.2, 0.25) is 0 Å². The molecule has 232 valence electrons. The van der Waals surface area contributed by atoms with Crippen LogP contribution in [0.25, 0.3) is 20.2 Å². The molecule has 3 nitrogen and oxygen atoms in total. The average molecular weight is 639 g/mol. The summed E-state index contributed by atoms with van der Waals surface area (Å²) < 4.78 is 9.79. The highest BCUT2D eigenvalue weighted by Crippen LogP contribution is 2.52. The lowest BCUT2D eigenvalue weighted by molar-refractivity contribution is 0.161. The second kappa shape index (κ2) is 10.0. The number of ether oxygens (including phenoxy) is 1. The van der Waals surface area contributed by atoms with Crippen molar-refractivity contribution in [1.29, 1.82) is 0 Å². The Hall–Kier alpha value is -5.00. The van der Waals surface area contributed by atoms with Gasteiger partial charge >= 0.3 is 0 Å². The second-order valence-corrected chi connectivity index (χ2v) is 15.1. The van der Waals surface area contributed by atoms with Crippen LogP contribution in [-0.2, 0) is 4.74 Å². The van der Waals surface area contributed by atoms with E-state index < -0.39 is 0 Å². The van der Waals surface area contributed by atoms with Crippen molar-refractivity contribution in [3.63, 3.8) is 0 Å². The van der Waals surface area contributed by atoms with Crippen LogP contribution in [0.5, 0.6) is 0 Å². The fourth-order valence-corrected chi connectivity index (χ4v) is 9.86. The first-order valence-electron chi connectivity index (χ1n) is 17.0. The van der Waals surface area contributed by atoms with Crippen molar-refractivity contribution in [3.8, 4) is 0 Å². The van der Waals surface area contributed by atoms with E-state index in [2.05, 4.69) is 154 Å². The molecule has 5 heteroatoms. The fraction of sp³-hybridized carbons (Fsp3) is 0.163. The summed E-state index contributed by atoms with van der Waals surface area (Å²) in [6, 6.07) is 34.3. The van der Waals surface area contributed by atoms with Gasteiger partial charge in [-0.2, -0.15) is 0 Å². The Bertz CT molecular complexity index is 2480. The van der Waals surface area contributed by atoms with Crippen molar-refractivity contribution >= 4 is 77.6 Å². The van der Waals surface area contributed by atoms with Gasteiger partial charge in [-0.05, 0) is 121 Å². The molecular weight excluding hydrogens is 603 g/mol. The SMILES string of the molecule is CC1=CC2OC3=C(B4c5cc6c(cc5N(c5ccccc5C)c5cc(C)cc(c54)N3c3ccccc3C)sc3cc(C)ccc36)C2C=C1. The van der Waals surface area contributed by atoms with Crippen molar-refractivity contribution < 1.29 is 4.74 Å². The molecule has 5 aromatic carbocycles. The van der Waals surface area contributed by atoms with Gasteiger partial charge in [0.25, 0.3) is 6.71 Å². The molecule has 0 saturated carbocycles. The van der Waals surface area contributed by atoms with E-state index >= 15 is 0 Å². The average Bonchev–Trinajstić information content (AvgIpc) is 3.61. The number of thiophene rings is 1. The van der Waals surface area contributed by atoms with Crippen LogP contribution in [0.4, 0.5) is 28.4 Å². The highest BCUT2D eigenvalue weighted by molar-refractivity contribution is 7.26. The molecule has 48 heavy (non-hydrogen) atoms. The predicted octanol–water partition coefficient (Wildman–Crippen LogP) is 10.1. The third-order valence-electron chi connectivity index (χ3n) is 10.8. The molecule has 4 aliphatic rings. The zero-order valence-corrected chi connectivity index (χ0v) is 28.7. The Labute approximate surface area is 286 Å². The van der Waals surface area contributed by atoms with E-state index in [1.165, 1.54) is 92.8 Å². The van der Waals surface area contributed by atoms with E-state index in [4.69, 9.17) is 4.74 Å². The van der Waals surface area contributed by atoms with Crippen molar-refractivity contribution in [2.24, 2.45) is 5.92 Å². The van der Waals surface area contributed by atoms with Crippen LogP contribution in [0.15, 0.2) is 126 Å². The predicted molar refractivity (Wildman–Crippen MR) is 205 cm³/mol. The molecule has 6 aromatic rings. The Morgan fingerprint density at radius 3 is 2.08 bits per heavy atom. The van der Waals surface area contributed by atoms with Gasteiger partial charge in [-0.25, -0.2) is 0 Å². The van der Waals surface area contributed by atoms with E-state index in [1.807, 2.05) is 11.3 Å². The topological polar surface area (TPSA) is 15.7 Å². The number of fused-ring (bicyclic) bond motifs is 8. The first-order chi connectivity index (χ1) is 23.4. The third-order valence-corrected chi connectivity index (χ3v) is 11.9. The minimum atomic E-state index is -0.0306. The Balaban J connectivity index is 1.35. The number of rotatable bonds is 2. The number of benzene rings is 5. The molecule has 3 aliphatic heterocycles. The molecule has 2 unspecified atom stereocenters. The van der Waals surface area contributed by atoms with Crippen LogP contribution < -0.4 is 20.7 Å². The van der Waals surface area contributed by atoms with Crippen LogP contribution in [-0.4, -0.2) is 12.8 Å². The van der Waals surface area contributed by atoms with Crippen LogP contribution in [0.3, 0.4) is 0 Å². The minimum absolute atomic E-state index is 0.0306. The van der Waals surface area contributed by atoms with Crippen LogP contribution in [0.2, 0.25) is 0 Å². The number of aryl methyl sites for hydroxylation is 4. The zero-order valence-electron chi connectivity index (χ0n) is 27.8. The van der Waals surface area contributed by atoms with Gasteiger partial charge in [0.15, 0.2) is 5.88 Å². The normalized spacial score (nSPS) is 18.9. The number of anilines is 5. The largest absolute Gasteiger partial charge is 0.471 e. The molecule has 1 aliphatic carbocycles. The van der Waals surface area contributed by atoms with E-state index in [9.17, 15) is 0 Å². The first-order valence-corrected chi connectivity index (χ1v) is 17.8. The fourth-order valence-electron chi connectivity index (χ4n) is 8.64. The lowest BCUT2D eigenvalue weighted by atomic mass is 9.31. The molecule has 0 fully saturated rings. The Morgan fingerprint density at radius 1 is 0.646 bits per heavy atom. The number of nitrogens with zero attached hydrogens (tertiary/aromatic N) is 2. The lowest BCUT2D eigenvalue weighted by Crippen LogP contribution is -2.56. The maximum Gasteiger partial charge on any atom is 0.252 e. The molecule has 0 spiro atoms. The van der Waals surface area contributed by atoms with Gasteiger partial charge in [0.1, 0.15) is 6.10 Å². The van der Waals surface area contributed by atoms with Gasteiger partial charge < -0.3 is 9.64 Å². The Kier molecular flexibility index (Phi) is 5.85. The monoisotopic (exact) mass is 638 g/mol. The maximum atomic E-state index is 7.12. The lowest BCUT2D eigenvalue weighted by Gasteiger charge is -2.44. The molecule has 4 heterocycles. The summed E-state index contributed by atoms with van der Waals surface area (Å²) in [5.41, 5.74) is 16.5. The van der Waals surface area contributed by atoms with Crippen molar-refractivity contribution in [1.82, 2.24) is 0 Å². The number of hydrogen-bond donors (Lipinski definition) is 0. The standard InChI is InChI=1S/C43H35BN2OS/c1-24-15-17-30-38(20-24)47-43-41(30)44-32-22-31-29-16-14-25(2)21-39(29)48-40(31)23-35(32)45(33-12-8-6-10-27(33)4)36-18-26(3)19-37(42(36)44)46(43)34-13-9-7-11-28(34)5/h6-23,30,38H,1-5H3. The van der Waals surface area contributed by atoms with E-state index in [0.717, 1.165) is 5.88 Å². The summed E-state index contributed by atoms with van der Waals surface area (Å²) in [4.78, 5) is 4.99. The van der Waals surface area contributed by atoms with E-state index in [-0.39, 0.29) is 18.7 Å². The van der Waals surface area contributed by atoms with Crippen molar-refractivity contribution in [2.75, 3.05) is 9.80 Å². The van der Waals surface area contributed by atoms with Gasteiger partial charge in [-0.15, -0.1) is 11.3 Å². The minimum Gasteiger partial charge on any atom is -0.471 e. The number of allylic oxidation sites excluding steroid dienone is 2. The number of hydrogen-bond acceptors (Lipinski definition) is 4. The Morgan fingerprint density at radius 2 is 1.33 bits per heavy atom. The molecule has 0 bridgehead atoms. The van der Waals surface area contributed by atoms with Crippen LogP contribution >= 0.6 is 11.3 Å². The van der Waals surface area contributed by atoms with Crippen LogP contribution in [0.1, 0.15) is 29.2 Å². The van der Waals surface area contributed by atoms with Crippen LogP contribution in [0, 0.1) is 33.6 Å². The third kappa shape index (κ3) is 3.82. The smallest absolute Gasteiger partial charge is 0.252 e. The highest BCUT2D eigenvalue weighted by atomic mass is 32.1. The summed E-state index contributed by atoms with van der Waals surface area (Å²) in [7, 11) is 0. The summed E-state index contributed by atoms with van der Waals surface area (Å²) >= 11 is 1.91. The van der Waals surface area contributed by atoms with E-state index in [1.54, 1.807) is 0 Å². The molecule has 0 amide bonds. The first kappa shape index (κ1) is 28.1. The van der Waals surface area contributed by atoms with Gasteiger partial charge in [0.05, 0.1) is 5.69 Å². The maximum absolute atomic E-state index is 7.12. The summed E-state index contributed by atoms with van der Waals surface area (Å²) in [6.45, 7) is 11.1. The molecule has 1 aromatic heterocycles. The quantitative estimate of drug-likeness (QED) is 0.176. The molecule has 0 N–H and O–H groups in total. The van der Waals surface area contributed by atoms with Gasteiger partial charge in [0, 0.05) is 43.5 Å². The molecule has 0 radical (unpaired) electrons. The van der Waals surface area contributed by atoms with Gasteiger partial charge in [-0.3, -0.25) is 4.90 Å². The molecular formula is C43H35BN2OS. The highest BCUT2D eigenvalue weighted by Gasteiger charge is 2.52. The zero-order chi connectivity index (χ0) is 32.4. The number of para-hydroxylation sites is 2. The van der Waals surface area contributed by atoms with Crippen molar-refractivity contribution in [2.45, 2.75) is 40.7 Å². The summed E-state index contributed by atoms with van der Waals surface area (Å²) in [5, 5.41) is 2.67. The van der Waals surface area contributed by atoms with Gasteiger partial charge in [-0.1, -0.05) is 72.3 Å². The molecule has 10 rings (SSSR count). The summed E-state index contributed by atoms with van der Waals surface area (Å²) in [5.74, 6) is 1.14. The summed E-state index contributed by atoms with van der Waals surface area (Å²) in [6.07, 6.45) is 6.96. The second-order valence-electron chi connectivity index (χ2n) is 14.0.